The van der Waals surface area contributed by atoms with Crippen LogP contribution in [0.5, 0.6) is 0 Å². The van der Waals surface area contributed by atoms with Crippen molar-refractivity contribution in [2.24, 2.45) is 11.8 Å². The number of halogens is 8. The Morgan fingerprint density at radius 3 is 1.33 bits per heavy atom. The second-order valence-electron chi connectivity index (χ2n) is 19.3. The molecule has 4 amide bonds. The van der Waals surface area contributed by atoms with Crippen LogP contribution in [0.25, 0.3) is 0 Å². The fourth-order valence-corrected chi connectivity index (χ4v) is 9.05. The Balaban J connectivity index is 0.000000254. The van der Waals surface area contributed by atoms with Gasteiger partial charge in [-0.15, -0.1) is 0 Å². The highest BCUT2D eigenvalue weighted by Crippen LogP contribution is 2.42. The van der Waals surface area contributed by atoms with E-state index >= 15 is 0 Å². The van der Waals surface area contributed by atoms with Gasteiger partial charge < -0.3 is 29.9 Å². The van der Waals surface area contributed by atoms with E-state index in [9.17, 15) is 44.7 Å². The Bertz CT molecular complexity index is 2260. The summed E-state index contributed by atoms with van der Waals surface area (Å²) in [5.41, 5.74) is -1.49. The molecule has 4 atom stereocenters. The van der Waals surface area contributed by atoms with Crippen LogP contribution >= 0.6 is 0 Å². The molecule has 69 heavy (non-hydrogen) atoms. The summed E-state index contributed by atoms with van der Waals surface area (Å²) in [4.78, 5) is 28.5. The smallest absolute Gasteiger partial charge is 0.362 e. The molecule has 0 spiro atoms. The standard InChI is InChI=1S/C29H36F4N2O2.C22H24F4N2O2.C2H6/c1-4-28(15-19(2)9-10-20(3)16-28)34-27(36)35-17-23(18-35)37-26(21-11-13-22(30)14-12-21)24-7-5-6-8-25(24)29(31,32)33;1-21(2,3)27-20(29)28-12-16(13-28)30-19(14-8-10-15(23)11-9-14)17-6-4-5-7-18(17)22(24,25)26;1-2/h5-8,11-14,19-20,23,26H,4,9-10,15-18H2,1-3H3,(H,34,36);4-11,16,19H,12-13H2,1-3H3,(H,27,29);1-2H3. The van der Waals surface area contributed by atoms with Crippen molar-refractivity contribution in [3.05, 3.63) is 142 Å². The van der Waals surface area contributed by atoms with E-state index in [1.165, 1.54) is 89.8 Å². The normalized spacial score (nSPS) is 20.9. The van der Waals surface area contributed by atoms with Crippen molar-refractivity contribution in [2.75, 3.05) is 26.2 Å². The molecule has 4 aromatic carbocycles. The van der Waals surface area contributed by atoms with Gasteiger partial charge in [0.1, 0.15) is 23.8 Å². The van der Waals surface area contributed by atoms with Crippen LogP contribution in [0.15, 0.2) is 97.1 Å². The molecule has 0 aromatic heterocycles. The van der Waals surface area contributed by atoms with Gasteiger partial charge in [-0.1, -0.05) is 108 Å². The molecule has 2 aliphatic heterocycles. The van der Waals surface area contributed by atoms with Crippen molar-refractivity contribution in [1.82, 2.24) is 20.4 Å². The lowest BCUT2D eigenvalue weighted by atomic mass is 9.82. The Labute approximate surface area is 401 Å². The molecule has 1 aliphatic carbocycles. The Hall–Kier alpha value is -5.22. The van der Waals surface area contributed by atoms with Crippen LogP contribution in [0.4, 0.5) is 44.7 Å². The molecule has 3 fully saturated rings. The van der Waals surface area contributed by atoms with Crippen molar-refractivity contribution in [1.29, 1.82) is 0 Å². The highest BCUT2D eigenvalue weighted by molar-refractivity contribution is 5.76. The Morgan fingerprint density at radius 1 is 0.623 bits per heavy atom. The molecule has 3 aliphatic rings. The largest absolute Gasteiger partial charge is 0.416 e. The SMILES string of the molecule is CC.CC(C)(C)NC(=O)N1CC(OC(c2ccc(F)cc2)c2ccccc2C(F)(F)F)C1.CCC1(NC(=O)N2CC(OC(c3ccc(F)cc3)c3ccccc3C(F)(F)F)C2)CC(C)CCC(C)C1. The first-order chi connectivity index (χ1) is 32.4. The lowest BCUT2D eigenvalue weighted by Crippen LogP contribution is -2.62. The number of carbonyl (C=O) groups excluding carboxylic acids is 2. The number of hydrogen-bond acceptors (Lipinski definition) is 4. The monoisotopic (exact) mass is 974 g/mol. The molecule has 4 aromatic rings. The predicted octanol–water partition coefficient (Wildman–Crippen LogP) is 13.5. The van der Waals surface area contributed by atoms with E-state index in [1.807, 2.05) is 34.6 Å². The molecule has 2 N–H and O–H groups in total. The molecule has 8 nitrogen and oxygen atoms in total. The third-order valence-corrected chi connectivity index (χ3v) is 12.5. The van der Waals surface area contributed by atoms with Gasteiger partial charge in [-0.05, 0) is 111 Å². The van der Waals surface area contributed by atoms with Crippen molar-refractivity contribution in [3.63, 3.8) is 0 Å². The van der Waals surface area contributed by atoms with E-state index in [0.29, 0.717) is 23.0 Å². The van der Waals surface area contributed by atoms with E-state index in [4.69, 9.17) is 9.47 Å². The van der Waals surface area contributed by atoms with E-state index < -0.39 is 65.1 Å². The highest BCUT2D eigenvalue weighted by Gasteiger charge is 2.43. The van der Waals surface area contributed by atoms with Crippen LogP contribution in [0.2, 0.25) is 0 Å². The number of benzene rings is 4. The number of carbonyl (C=O) groups is 2. The summed E-state index contributed by atoms with van der Waals surface area (Å²) in [5, 5.41) is 6.13. The van der Waals surface area contributed by atoms with Crippen LogP contribution < -0.4 is 10.6 Å². The predicted molar refractivity (Wildman–Crippen MR) is 250 cm³/mol. The number of hydrogen-bond donors (Lipinski definition) is 2. The average molecular weight is 975 g/mol. The average Bonchev–Trinajstić information content (AvgIpc) is 3.40. The topological polar surface area (TPSA) is 83.1 Å². The van der Waals surface area contributed by atoms with E-state index in [2.05, 4.69) is 31.4 Å². The lowest BCUT2D eigenvalue weighted by molar-refractivity contribution is -0.141. The third kappa shape index (κ3) is 14.9. The van der Waals surface area contributed by atoms with Gasteiger partial charge in [0.05, 0.1) is 49.5 Å². The number of nitrogens with zero attached hydrogens (tertiary/aromatic N) is 2. The summed E-state index contributed by atoms with van der Waals surface area (Å²) in [6.45, 7) is 17.2. The number of amides is 4. The minimum atomic E-state index is -4.56. The minimum absolute atomic E-state index is 0.0316. The Kier molecular flexibility index (Phi) is 18.3. The summed E-state index contributed by atoms with van der Waals surface area (Å²) in [6.07, 6.45) is -7.05. The van der Waals surface area contributed by atoms with Crippen molar-refractivity contribution in [2.45, 2.75) is 135 Å². The molecule has 1 saturated carbocycles. The Morgan fingerprint density at radius 2 is 0.986 bits per heavy atom. The number of rotatable bonds is 10. The molecule has 16 heteroatoms. The van der Waals surface area contributed by atoms with Gasteiger partial charge in [-0.2, -0.15) is 26.3 Å². The maximum absolute atomic E-state index is 13.8. The molecule has 2 heterocycles. The van der Waals surface area contributed by atoms with Crippen LogP contribution in [0.1, 0.15) is 133 Å². The van der Waals surface area contributed by atoms with Crippen molar-refractivity contribution >= 4 is 12.1 Å². The molecule has 2 saturated heterocycles. The first-order valence-corrected chi connectivity index (χ1v) is 23.7. The van der Waals surface area contributed by atoms with Gasteiger partial charge in [0, 0.05) is 11.1 Å². The van der Waals surface area contributed by atoms with Crippen LogP contribution in [-0.2, 0) is 21.8 Å². The van der Waals surface area contributed by atoms with E-state index in [-0.39, 0.29) is 54.9 Å². The molecule has 378 valence electrons. The quantitative estimate of drug-likeness (QED) is 0.123. The number of likely N-dealkylation sites (tertiary alicyclic amines) is 2. The molecule has 4 unspecified atom stereocenters. The molecular weight excluding hydrogens is 909 g/mol. The van der Waals surface area contributed by atoms with Crippen LogP contribution in [0, 0.1) is 23.5 Å². The fraction of sp³-hybridized carbons (Fsp3) is 0.509. The van der Waals surface area contributed by atoms with Gasteiger partial charge >= 0.3 is 24.4 Å². The van der Waals surface area contributed by atoms with Crippen molar-refractivity contribution < 1.29 is 54.2 Å². The summed E-state index contributed by atoms with van der Waals surface area (Å²) in [6, 6.07) is 20.5. The number of urea groups is 2. The van der Waals surface area contributed by atoms with Gasteiger partial charge in [-0.3, -0.25) is 0 Å². The molecule has 0 radical (unpaired) electrons. The minimum Gasteiger partial charge on any atom is -0.362 e. The summed E-state index contributed by atoms with van der Waals surface area (Å²) in [7, 11) is 0. The zero-order valence-electron chi connectivity index (χ0n) is 40.6. The van der Waals surface area contributed by atoms with Crippen LogP contribution in [0.3, 0.4) is 0 Å². The van der Waals surface area contributed by atoms with E-state index in [1.54, 1.807) is 4.90 Å². The van der Waals surface area contributed by atoms with Gasteiger partial charge in [0.25, 0.3) is 0 Å². The second kappa shape index (κ2) is 23.1. The van der Waals surface area contributed by atoms with Gasteiger partial charge in [0.15, 0.2) is 0 Å². The summed E-state index contributed by atoms with van der Waals surface area (Å²) < 4.78 is 121. The number of nitrogens with one attached hydrogen (secondary N) is 2. The number of alkyl halides is 6. The zero-order chi connectivity index (χ0) is 50.9. The third-order valence-electron chi connectivity index (χ3n) is 12.5. The highest BCUT2D eigenvalue weighted by atomic mass is 19.4. The lowest BCUT2D eigenvalue weighted by Gasteiger charge is -2.44. The first-order valence-electron chi connectivity index (χ1n) is 23.7. The zero-order valence-corrected chi connectivity index (χ0v) is 40.6. The molecule has 7 rings (SSSR count). The fourth-order valence-electron chi connectivity index (χ4n) is 9.05. The first kappa shape index (κ1) is 54.7. The van der Waals surface area contributed by atoms with Gasteiger partial charge in [0.2, 0.25) is 0 Å². The maximum atomic E-state index is 13.8. The van der Waals surface area contributed by atoms with Gasteiger partial charge in [-0.25, -0.2) is 18.4 Å². The van der Waals surface area contributed by atoms with Crippen LogP contribution in [-0.4, -0.2) is 71.3 Å². The summed E-state index contributed by atoms with van der Waals surface area (Å²) >= 11 is 0. The van der Waals surface area contributed by atoms with E-state index in [0.717, 1.165) is 44.2 Å². The summed E-state index contributed by atoms with van der Waals surface area (Å²) in [5.74, 6) is 0.0889. The maximum Gasteiger partial charge on any atom is 0.416 e. The molecule has 0 bridgehead atoms. The molecular formula is C53H66F8N4O4. The number of ether oxygens (including phenoxy) is 2. The van der Waals surface area contributed by atoms with Crippen molar-refractivity contribution in [3.8, 4) is 0 Å². The second-order valence-corrected chi connectivity index (χ2v) is 19.3.